The van der Waals surface area contributed by atoms with Crippen LogP contribution in [0.2, 0.25) is 15.1 Å². The van der Waals surface area contributed by atoms with E-state index in [1.54, 1.807) is 37.5 Å². The van der Waals surface area contributed by atoms with Crippen LogP contribution in [0.3, 0.4) is 0 Å². The third kappa shape index (κ3) is 5.48. The van der Waals surface area contributed by atoms with Gasteiger partial charge in [-0.05, 0) is 54.1 Å². The van der Waals surface area contributed by atoms with E-state index in [2.05, 4.69) is 0 Å². The first-order valence-corrected chi connectivity index (χ1v) is 9.96. The first-order valence-electron chi connectivity index (χ1n) is 8.83. The minimum Gasteiger partial charge on any atom is -0.508 e. The topological polar surface area (TPSA) is 55.8 Å². The molecule has 4 nitrogen and oxygen atoms in total. The maximum absolute atomic E-state index is 12.3. The van der Waals surface area contributed by atoms with Gasteiger partial charge in [-0.25, -0.2) is 0 Å². The first-order chi connectivity index (χ1) is 14.4. The number of hydrogen-bond acceptors (Lipinski definition) is 4. The molecule has 0 heterocycles. The molecule has 0 aliphatic heterocycles. The lowest BCUT2D eigenvalue weighted by Crippen LogP contribution is -2.00. The van der Waals surface area contributed by atoms with Crippen molar-refractivity contribution in [3.05, 3.63) is 92.4 Å². The number of carbonyl (C=O) groups excluding carboxylic acids is 1. The molecule has 0 saturated carbocycles. The first kappa shape index (κ1) is 22.0. The van der Waals surface area contributed by atoms with Gasteiger partial charge in [-0.15, -0.1) is 0 Å². The largest absolute Gasteiger partial charge is 0.508 e. The SMILES string of the molecule is COc1ccc(/C=C/C(=O)c2ccc(O)cc2)cc1COc1cc(Cl)c(Cl)cc1Cl. The highest BCUT2D eigenvalue weighted by Crippen LogP contribution is 2.34. The molecule has 0 atom stereocenters. The van der Waals surface area contributed by atoms with E-state index >= 15 is 0 Å². The van der Waals surface area contributed by atoms with Gasteiger partial charge in [0.2, 0.25) is 0 Å². The average Bonchev–Trinajstić information content (AvgIpc) is 2.74. The molecule has 3 rings (SSSR count). The van der Waals surface area contributed by atoms with Gasteiger partial charge in [-0.3, -0.25) is 4.79 Å². The van der Waals surface area contributed by atoms with Gasteiger partial charge in [0, 0.05) is 17.2 Å². The summed E-state index contributed by atoms with van der Waals surface area (Å²) in [6.45, 7) is 0.175. The van der Waals surface area contributed by atoms with Crippen LogP contribution >= 0.6 is 34.8 Å². The summed E-state index contributed by atoms with van der Waals surface area (Å²) in [5.41, 5.74) is 2.04. The molecule has 0 amide bonds. The van der Waals surface area contributed by atoms with Crippen molar-refractivity contribution in [2.75, 3.05) is 7.11 Å². The fraction of sp³-hybridized carbons (Fsp3) is 0.0870. The Kier molecular flexibility index (Phi) is 7.27. The van der Waals surface area contributed by atoms with Crippen molar-refractivity contribution < 1.29 is 19.4 Å². The van der Waals surface area contributed by atoms with E-state index in [0.717, 1.165) is 11.1 Å². The summed E-state index contributed by atoms with van der Waals surface area (Å²) in [4.78, 5) is 12.3. The molecular weight excluding hydrogens is 447 g/mol. The maximum Gasteiger partial charge on any atom is 0.185 e. The van der Waals surface area contributed by atoms with E-state index in [0.29, 0.717) is 32.1 Å². The summed E-state index contributed by atoms with van der Waals surface area (Å²) in [7, 11) is 1.56. The number of ether oxygens (including phenoxy) is 2. The Morgan fingerprint density at radius 2 is 1.63 bits per heavy atom. The lowest BCUT2D eigenvalue weighted by molar-refractivity contribution is 0.104. The summed E-state index contributed by atoms with van der Waals surface area (Å²) < 4.78 is 11.2. The Labute approximate surface area is 189 Å². The Morgan fingerprint density at radius 3 is 2.33 bits per heavy atom. The van der Waals surface area contributed by atoms with Gasteiger partial charge in [0.1, 0.15) is 23.9 Å². The van der Waals surface area contributed by atoms with Crippen LogP contribution in [0, 0.1) is 0 Å². The van der Waals surface area contributed by atoms with Gasteiger partial charge in [0.15, 0.2) is 5.78 Å². The van der Waals surface area contributed by atoms with Gasteiger partial charge in [0.25, 0.3) is 0 Å². The molecule has 30 heavy (non-hydrogen) atoms. The summed E-state index contributed by atoms with van der Waals surface area (Å²) in [5.74, 6) is 0.966. The Morgan fingerprint density at radius 1 is 0.933 bits per heavy atom. The number of hydrogen-bond donors (Lipinski definition) is 1. The van der Waals surface area contributed by atoms with Crippen LogP contribution in [0.5, 0.6) is 17.2 Å². The second-order valence-electron chi connectivity index (χ2n) is 6.30. The number of halogens is 3. The predicted molar refractivity (Wildman–Crippen MR) is 120 cm³/mol. The molecule has 0 aliphatic rings. The normalized spacial score (nSPS) is 10.9. The van der Waals surface area contributed by atoms with Crippen molar-refractivity contribution in [2.45, 2.75) is 6.61 Å². The zero-order valence-electron chi connectivity index (χ0n) is 15.9. The van der Waals surface area contributed by atoms with Crippen LogP contribution < -0.4 is 9.47 Å². The fourth-order valence-corrected chi connectivity index (χ4v) is 3.27. The average molecular weight is 464 g/mol. The minimum absolute atomic E-state index is 0.109. The molecule has 0 saturated heterocycles. The number of rotatable bonds is 7. The van der Waals surface area contributed by atoms with Crippen LogP contribution in [-0.2, 0) is 6.61 Å². The van der Waals surface area contributed by atoms with Crippen LogP contribution in [0.25, 0.3) is 6.08 Å². The molecule has 0 aromatic heterocycles. The summed E-state index contributed by atoms with van der Waals surface area (Å²) in [5, 5.41) is 10.4. The van der Waals surface area contributed by atoms with Gasteiger partial charge in [-0.2, -0.15) is 0 Å². The number of methoxy groups -OCH3 is 1. The van der Waals surface area contributed by atoms with Crippen LogP contribution in [-0.4, -0.2) is 18.0 Å². The van der Waals surface area contributed by atoms with Crippen molar-refractivity contribution >= 4 is 46.7 Å². The molecule has 0 fully saturated rings. The third-order valence-electron chi connectivity index (χ3n) is 4.24. The van der Waals surface area contributed by atoms with Crippen molar-refractivity contribution in [3.8, 4) is 17.2 Å². The van der Waals surface area contributed by atoms with Gasteiger partial charge in [-0.1, -0.05) is 46.9 Å². The Bertz CT molecular complexity index is 1090. The zero-order valence-corrected chi connectivity index (χ0v) is 18.1. The molecule has 0 unspecified atom stereocenters. The number of phenols is 1. The number of carbonyl (C=O) groups is 1. The van der Waals surface area contributed by atoms with Crippen molar-refractivity contribution in [1.29, 1.82) is 0 Å². The van der Waals surface area contributed by atoms with E-state index in [-0.39, 0.29) is 18.1 Å². The summed E-state index contributed by atoms with van der Waals surface area (Å²) in [6, 6.07) is 14.6. The summed E-state index contributed by atoms with van der Waals surface area (Å²) >= 11 is 18.1. The van der Waals surface area contributed by atoms with Crippen LogP contribution in [0.4, 0.5) is 0 Å². The highest BCUT2D eigenvalue weighted by molar-refractivity contribution is 6.43. The van der Waals surface area contributed by atoms with E-state index in [4.69, 9.17) is 44.3 Å². The lowest BCUT2D eigenvalue weighted by atomic mass is 10.1. The molecular formula is C23H17Cl3O4. The van der Waals surface area contributed by atoms with Gasteiger partial charge < -0.3 is 14.6 Å². The molecule has 3 aromatic rings. The van der Waals surface area contributed by atoms with Gasteiger partial charge in [0.05, 0.1) is 22.2 Å². The van der Waals surface area contributed by atoms with E-state index < -0.39 is 0 Å². The lowest BCUT2D eigenvalue weighted by Gasteiger charge is -2.13. The fourth-order valence-electron chi connectivity index (χ4n) is 2.68. The number of aromatic hydroxyl groups is 1. The van der Waals surface area contributed by atoms with Crippen molar-refractivity contribution in [3.63, 3.8) is 0 Å². The van der Waals surface area contributed by atoms with E-state index in [9.17, 15) is 9.90 Å². The number of ketones is 1. The smallest absolute Gasteiger partial charge is 0.185 e. The highest BCUT2D eigenvalue weighted by atomic mass is 35.5. The molecule has 3 aromatic carbocycles. The molecule has 7 heteroatoms. The Balaban J connectivity index is 1.77. The standard InChI is InChI=1S/C23H17Cl3O4/c1-29-22-9-3-14(2-8-21(28)15-4-6-17(27)7-5-15)10-16(22)13-30-23-12-19(25)18(24)11-20(23)26/h2-12,27H,13H2,1H3/b8-2+. The molecule has 0 aliphatic carbocycles. The minimum atomic E-state index is -0.175. The van der Waals surface area contributed by atoms with Crippen LogP contribution in [0.15, 0.2) is 60.7 Å². The third-order valence-corrected chi connectivity index (χ3v) is 5.26. The van der Waals surface area contributed by atoms with E-state index in [1.165, 1.54) is 24.3 Å². The van der Waals surface area contributed by atoms with Gasteiger partial charge >= 0.3 is 0 Å². The quantitative estimate of drug-likeness (QED) is 0.237. The predicted octanol–water partition coefficient (Wildman–Crippen LogP) is 6.84. The number of allylic oxidation sites excluding steroid dienone is 1. The second-order valence-corrected chi connectivity index (χ2v) is 7.52. The highest BCUT2D eigenvalue weighted by Gasteiger charge is 2.10. The number of phenolic OH excluding ortho intramolecular Hbond substituents is 1. The maximum atomic E-state index is 12.3. The number of benzene rings is 3. The zero-order chi connectivity index (χ0) is 21.7. The second kappa shape index (κ2) is 9.90. The Hall–Kier alpha value is -2.66. The molecule has 1 N–H and O–H groups in total. The van der Waals surface area contributed by atoms with Crippen molar-refractivity contribution in [1.82, 2.24) is 0 Å². The molecule has 0 bridgehead atoms. The molecule has 0 spiro atoms. The molecule has 154 valence electrons. The van der Waals surface area contributed by atoms with Crippen LogP contribution in [0.1, 0.15) is 21.5 Å². The summed E-state index contributed by atoms with van der Waals surface area (Å²) in [6.07, 6.45) is 3.17. The van der Waals surface area contributed by atoms with Crippen molar-refractivity contribution in [2.24, 2.45) is 0 Å². The monoisotopic (exact) mass is 462 g/mol. The van der Waals surface area contributed by atoms with E-state index in [1.807, 2.05) is 12.1 Å². The molecule has 0 radical (unpaired) electrons.